The van der Waals surface area contributed by atoms with E-state index in [1.165, 1.54) is 0 Å². The fourth-order valence-electron chi connectivity index (χ4n) is 2.89. The first-order chi connectivity index (χ1) is 10.2. The van der Waals surface area contributed by atoms with Crippen LogP contribution in [-0.2, 0) is 5.54 Å². The topological polar surface area (TPSA) is 102 Å². The summed E-state index contributed by atoms with van der Waals surface area (Å²) < 4.78 is 1.92. The van der Waals surface area contributed by atoms with Crippen LogP contribution in [0.4, 0.5) is 11.8 Å². The number of imidazole rings is 1. The molecule has 2 heterocycles. The van der Waals surface area contributed by atoms with Crippen molar-refractivity contribution in [2.75, 3.05) is 17.7 Å². The third-order valence-corrected chi connectivity index (χ3v) is 4.26. The molecule has 110 valence electrons. The lowest BCUT2D eigenvalue weighted by atomic mass is 10.0. The number of rotatable bonds is 4. The quantitative estimate of drug-likeness (QED) is 0.725. The van der Waals surface area contributed by atoms with Gasteiger partial charge in [-0.2, -0.15) is 9.97 Å². The van der Waals surface area contributed by atoms with Crippen LogP contribution >= 0.6 is 0 Å². The maximum atomic E-state index is 9.85. The molecule has 7 heteroatoms. The van der Waals surface area contributed by atoms with Crippen molar-refractivity contribution in [1.29, 1.82) is 0 Å². The normalized spacial score (nSPS) is 24.8. The van der Waals surface area contributed by atoms with Crippen molar-refractivity contribution in [1.82, 2.24) is 19.5 Å². The van der Waals surface area contributed by atoms with Crippen LogP contribution in [0, 0.1) is 0 Å². The van der Waals surface area contributed by atoms with Crippen LogP contribution in [-0.4, -0.2) is 37.3 Å². The van der Waals surface area contributed by atoms with Gasteiger partial charge in [0.2, 0.25) is 5.95 Å². The maximum Gasteiger partial charge on any atom is 0.224 e. The Balaban J connectivity index is 1.87. The molecule has 2 aliphatic carbocycles. The van der Waals surface area contributed by atoms with E-state index >= 15 is 0 Å². The van der Waals surface area contributed by atoms with E-state index in [0.29, 0.717) is 23.0 Å². The number of hydrogen-bond donors (Lipinski definition) is 3. The van der Waals surface area contributed by atoms with Gasteiger partial charge in [-0.15, -0.1) is 0 Å². The third-order valence-electron chi connectivity index (χ3n) is 4.26. The summed E-state index contributed by atoms with van der Waals surface area (Å²) in [5, 5.41) is 13.2. The molecule has 1 atom stereocenters. The van der Waals surface area contributed by atoms with Crippen molar-refractivity contribution in [3.8, 4) is 0 Å². The Morgan fingerprint density at radius 2 is 2.29 bits per heavy atom. The Hall–Kier alpha value is -2.15. The average molecular weight is 286 g/mol. The third kappa shape index (κ3) is 1.96. The number of aliphatic hydroxyl groups is 1. The number of nitrogens with one attached hydrogen (secondary N) is 1. The number of allylic oxidation sites excluding steroid dienone is 1. The number of hydrogen-bond acceptors (Lipinski definition) is 6. The Morgan fingerprint density at radius 3 is 2.95 bits per heavy atom. The van der Waals surface area contributed by atoms with E-state index in [1.807, 2.05) is 10.6 Å². The molecular formula is C14H18N6O. The van der Waals surface area contributed by atoms with Crippen LogP contribution < -0.4 is 11.1 Å². The Bertz CT molecular complexity index is 720. The van der Waals surface area contributed by atoms with Gasteiger partial charge >= 0.3 is 0 Å². The van der Waals surface area contributed by atoms with E-state index in [0.717, 1.165) is 25.7 Å². The zero-order valence-electron chi connectivity index (χ0n) is 11.7. The van der Waals surface area contributed by atoms with E-state index in [1.54, 1.807) is 6.33 Å². The maximum absolute atomic E-state index is 9.85. The first kappa shape index (κ1) is 12.6. The summed E-state index contributed by atoms with van der Waals surface area (Å²) in [5.41, 5.74) is 6.77. The molecule has 4 rings (SSSR count). The molecular weight excluding hydrogens is 268 g/mol. The molecule has 0 amide bonds. The molecule has 21 heavy (non-hydrogen) atoms. The molecule has 0 saturated heterocycles. The molecule has 0 aromatic carbocycles. The molecule has 2 aromatic rings. The van der Waals surface area contributed by atoms with E-state index in [-0.39, 0.29) is 12.6 Å². The molecule has 1 saturated carbocycles. The lowest BCUT2D eigenvalue weighted by Crippen LogP contribution is -2.33. The van der Waals surface area contributed by atoms with Crippen molar-refractivity contribution in [2.45, 2.75) is 37.3 Å². The number of nitrogens with two attached hydrogens (primary N) is 1. The number of aromatic nitrogens is 4. The molecule has 0 unspecified atom stereocenters. The van der Waals surface area contributed by atoms with Crippen molar-refractivity contribution >= 4 is 22.9 Å². The van der Waals surface area contributed by atoms with E-state index in [9.17, 15) is 5.11 Å². The Morgan fingerprint density at radius 1 is 1.43 bits per heavy atom. The zero-order valence-corrected chi connectivity index (χ0v) is 11.7. The average Bonchev–Trinajstić information content (AvgIpc) is 3.01. The van der Waals surface area contributed by atoms with Gasteiger partial charge < -0.3 is 20.7 Å². The Kier molecular flexibility index (Phi) is 2.65. The highest BCUT2D eigenvalue weighted by Crippen LogP contribution is 2.34. The van der Waals surface area contributed by atoms with Gasteiger partial charge in [-0.25, -0.2) is 4.98 Å². The molecule has 0 spiro atoms. The van der Waals surface area contributed by atoms with Gasteiger partial charge in [0.05, 0.1) is 18.5 Å². The molecule has 4 N–H and O–H groups in total. The molecule has 0 radical (unpaired) electrons. The standard InChI is InChI=1S/C14H18N6O/c15-13-18-11(17-9-3-4-9)10-12(19-13)20(8-16-10)14(7-21)5-1-2-6-14/h1,5,8-9,21H,2-4,6-7H2,(H3,15,17,18,19)/t14-/m0/s1. The summed E-state index contributed by atoms with van der Waals surface area (Å²) in [4.78, 5) is 13.1. The van der Waals surface area contributed by atoms with E-state index in [2.05, 4.69) is 26.3 Å². The SMILES string of the molecule is Nc1nc(NC2CC2)c2ncn([C@@]3(CO)C=CCC3)c2n1. The van der Waals surface area contributed by atoms with Crippen molar-refractivity contribution in [3.63, 3.8) is 0 Å². The highest BCUT2D eigenvalue weighted by atomic mass is 16.3. The highest BCUT2D eigenvalue weighted by Gasteiger charge is 2.34. The summed E-state index contributed by atoms with van der Waals surface area (Å²) in [6.07, 6.45) is 9.90. The van der Waals surface area contributed by atoms with Gasteiger partial charge in [0.1, 0.15) is 0 Å². The highest BCUT2D eigenvalue weighted by molar-refractivity contribution is 5.84. The van der Waals surface area contributed by atoms with Gasteiger partial charge in [-0.1, -0.05) is 12.2 Å². The molecule has 0 aliphatic heterocycles. The smallest absolute Gasteiger partial charge is 0.224 e. The summed E-state index contributed by atoms with van der Waals surface area (Å²) in [6, 6.07) is 0.464. The number of nitrogen functional groups attached to an aromatic ring is 1. The van der Waals surface area contributed by atoms with E-state index in [4.69, 9.17) is 5.73 Å². The van der Waals surface area contributed by atoms with E-state index < -0.39 is 5.54 Å². The van der Waals surface area contributed by atoms with Gasteiger partial charge in [0.15, 0.2) is 17.0 Å². The Labute approximate surface area is 121 Å². The van der Waals surface area contributed by atoms with Crippen LogP contribution in [0.3, 0.4) is 0 Å². The van der Waals surface area contributed by atoms with Gasteiger partial charge in [0, 0.05) is 6.04 Å². The van der Waals surface area contributed by atoms with Crippen LogP contribution in [0.5, 0.6) is 0 Å². The molecule has 0 bridgehead atoms. The molecule has 1 fully saturated rings. The number of nitrogens with zero attached hydrogens (tertiary/aromatic N) is 4. The predicted octanol–water partition coefficient (Wildman–Crippen LogP) is 1.02. The molecule has 2 aliphatic rings. The van der Waals surface area contributed by atoms with Crippen LogP contribution in [0.15, 0.2) is 18.5 Å². The van der Waals surface area contributed by atoms with Crippen LogP contribution in [0.25, 0.3) is 11.2 Å². The van der Waals surface area contributed by atoms with Crippen LogP contribution in [0.1, 0.15) is 25.7 Å². The molecule has 2 aromatic heterocycles. The van der Waals surface area contributed by atoms with Gasteiger partial charge in [-0.3, -0.25) is 0 Å². The fraction of sp³-hybridized carbons (Fsp3) is 0.500. The first-order valence-electron chi connectivity index (χ1n) is 7.28. The largest absolute Gasteiger partial charge is 0.394 e. The first-order valence-corrected chi connectivity index (χ1v) is 7.28. The second kappa shape index (κ2) is 4.42. The predicted molar refractivity (Wildman–Crippen MR) is 79.8 cm³/mol. The minimum Gasteiger partial charge on any atom is -0.394 e. The number of fused-ring (bicyclic) bond motifs is 1. The van der Waals surface area contributed by atoms with Crippen molar-refractivity contribution < 1.29 is 5.11 Å². The summed E-state index contributed by atoms with van der Waals surface area (Å²) in [5.74, 6) is 0.913. The second-order valence-corrected chi connectivity index (χ2v) is 5.84. The zero-order chi connectivity index (χ0) is 14.4. The minimum absolute atomic E-state index is 0.0181. The molecule has 7 nitrogen and oxygen atoms in total. The lowest BCUT2D eigenvalue weighted by molar-refractivity contribution is 0.174. The van der Waals surface area contributed by atoms with Crippen molar-refractivity contribution in [2.24, 2.45) is 0 Å². The van der Waals surface area contributed by atoms with Gasteiger partial charge in [0.25, 0.3) is 0 Å². The second-order valence-electron chi connectivity index (χ2n) is 5.84. The van der Waals surface area contributed by atoms with Gasteiger partial charge in [-0.05, 0) is 25.7 Å². The summed E-state index contributed by atoms with van der Waals surface area (Å²) >= 11 is 0. The number of anilines is 2. The summed E-state index contributed by atoms with van der Waals surface area (Å²) in [7, 11) is 0. The monoisotopic (exact) mass is 286 g/mol. The minimum atomic E-state index is -0.466. The number of aliphatic hydroxyl groups excluding tert-OH is 1. The van der Waals surface area contributed by atoms with Crippen molar-refractivity contribution in [3.05, 3.63) is 18.5 Å². The lowest BCUT2D eigenvalue weighted by Gasteiger charge is -2.27. The summed E-state index contributed by atoms with van der Waals surface area (Å²) in [6.45, 7) is 0.0181. The fourth-order valence-corrected chi connectivity index (χ4v) is 2.89. The van der Waals surface area contributed by atoms with Crippen LogP contribution in [0.2, 0.25) is 0 Å².